The fourth-order valence-electron chi connectivity index (χ4n) is 4.49. The molecule has 0 bridgehead atoms. The summed E-state index contributed by atoms with van der Waals surface area (Å²) in [5, 5.41) is 9.05. The molecule has 4 aromatic rings. The van der Waals surface area contributed by atoms with Gasteiger partial charge in [0.25, 0.3) is 5.91 Å². The van der Waals surface area contributed by atoms with Crippen molar-refractivity contribution in [2.75, 3.05) is 17.3 Å². The van der Waals surface area contributed by atoms with Gasteiger partial charge >= 0.3 is 0 Å². The van der Waals surface area contributed by atoms with E-state index in [2.05, 4.69) is 10.2 Å². The lowest BCUT2D eigenvalue weighted by Gasteiger charge is -2.24. The van der Waals surface area contributed by atoms with Crippen LogP contribution in [0.3, 0.4) is 0 Å². The lowest BCUT2D eigenvalue weighted by atomic mass is 10.0. The molecule has 190 valence electrons. The Balaban J connectivity index is 1.43. The van der Waals surface area contributed by atoms with Gasteiger partial charge in [-0.3, -0.25) is 14.5 Å². The van der Waals surface area contributed by atoms with Crippen molar-refractivity contribution in [2.24, 2.45) is 5.10 Å². The van der Waals surface area contributed by atoms with E-state index < -0.39 is 5.91 Å². The second-order valence-corrected chi connectivity index (χ2v) is 8.85. The number of para-hydroxylation sites is 2. The molecule has 1 aliphatic rings. The van der Waals surface area contributed by atoms with Crippen molar-refractivity contribution in [3.8, 4) is 5.75 Å². The van der Waals surface area contributed by atoms with Crippen LogP contribution in [0.2, 0.25) is 0 Å². The van der Waals surface area contributed by atoms with Crippen molar-refractivity contribution in [1.29, 1.82) is 0 Å². The number of benzene rings is 4. The molecular weight excluding hydrogens is 476 g/mol. The lowest BCUT2D eigenvalue weighted by molar-refractivity contribution is -0.136. The van der Waals surface area contributed by atoms with Gasteiger partial charge in [0.2, 0.25) is 5.91 Å². The molecule has 0 aliphatic carbocycles. The molecule has 0 fully saturated rings. The van der Waals surface area contributed by atoms with Crippen LogP contribution in [-0.2, 0) is 9.59 Å². The normalized spacial score (nSPS) is 14.5. The third kappa shape index (κ3) is 5.57. The molecule has 0 spiro atoms. The number of amides is 2. The summed E-state index contributed by atoms with van der Waals surface area (Å²) in [6, 6.07) is 36.3. The van der Waals surface area contributed by atoms with Gasteiger partial charge in [-0.2, -0.15) is 5.10 Å². The van der Waals surface area contributed by atoms with E-state index >= 15 is 0 Å². The zero-order valence-electron chi connectivity index (χ0n) is 21.0. The summed E-state index contributed by atoms with van der Waals surface area (Å²) < 4.78 is 5.16. The molecule has 0 saturated heterocycles. The van der Waals surface area contributed by atoms with Gasteiger partial charge in [0.1, 0.15) is 18.0 Å². The van der Waals surface area contributed by atoms with Crippen LogP contribution in [0.25, 0.3) is 0 Å². The highest BCUT2D eigenvalue weighted by Crippen LogP contribution is 2.36. The van der Waals surface area contributed by atoms with Crippen LogP contribution in [0.4, 0.5) is 17.1 Å². The van der Waals surface area contributed by atoms with Gasteiger partial charge < -0.3 is 10.1 Å². The SMILES string of the molecule is COc1ccc(NC(=O)CC(=O)N2N=C(N(c3ccccc3)c3ccccc3)C[C@H]2c2ccccc2)cc1. The number of nitrogens with zero attached hydrogens (tertiary/aromatic N) is 3. The van der Waals surface area contributed by atoms with Gasteiger partial charge in [0, 0.05) is 23.5 Å². The Morgan fingerprint density at radius 3 is 1.95 bits per heavy atom. The summed E-state index contributed by atoms with van der Waals surface area (Å²) in [5.41, 5.74) is 3.43. The number of ether oxygens (including phenoxy) is 1. The van der Waals surface area contributed by atoms with Crippen molar-refractivity contribution in [2.45, 2.75) is 18.9 Å². The first-order chi connectivity index (χ1) is 18.6. The van der Waals surface area contributed by atoms with Gasteiger partial charge in [-0.05, 0) is 54.1 Å². The number of methoxy groups -OCH3 is 1. The van der Waals surface area contributed by atoms with E-state index in [1.165, 1.54) is 5.01 Å². The number of hydrogen-bond donors (Lipinski definition) is 1. The summed E-state index contributed by atoms with van der Waals surface area (Å²) in [6.45, 7) is 0. The van der Waals surface area contributed by atoms with Gasteiger partial charge in [-0.1, -0.05) is 66.7 Å². The average Bonchev–Trinajstić information content (AvgIpc) is 3.40. The molecular formula is C31H28N4O3. The van der Waals surface area contributed by atoms with Crippen molar-refractivity contribution < 1.29 is 14.3 Å². The summed E-state index contributed by atoms with van der Waals surface area (Å²) in [7, 11) is 1.58. The highest BCUT2D eigenvalue weighted by molar-refractivity contribution is 6.08. The smallest absolute Gasteiger partial charge is 0.252 e. The number of carbonyl (C=O) groups excluding carboxylic acids is 2. The Morgan fingerprint density at radius 1 is 0.842 bits per heavy atom. The molecule has 7 heteroatoms. The largest absolute Gasteiger partial charge is 0.497 e. The monoisotopic (exact) mass is 504 g/mol. The van der Waals surface area contributed by atoms with E-state index in [9.17, 15) is 9.59 Å². The Morgan fingerprint density at radius 2 is 1.39 bits per heavy atom. The number of carbonyl (C=O) groups is 2. The van der Waals surface area contributed by atoms with E-state index in [4.69, 9.17) is 9.84 Å². The average molecular weight is 505 g/mol. The Kier molecular flexibility index (Phi) is 7.45. The predicted molar refractivity (Wildman–Crippen MR) is 149 cm³/mol. The topological polar surface area (TPSA) is 74.2 Å². The number of amidine groups is 1. The van der Waals surface area contributed by atoms with E-state index in [0.717, 1.165) is 22.8 Å². The maximum absolute atomic E-state index is 13.5. The molecule has 1 atom stereocenters. The third-order valence-electron chi connectivity index (χ3n) is 6.31. The van der Waals surface area contributed by atoms with Crippen LogP contribution in [0.5, 0.6) is 5.75 Å². The van der Waals surface area contributed by atoms with Crippen LogP contribution in [-0.4, -0.2) is 29.8 Å². The van der Waals surface area contributed by atoms with Crippen molar-refractivity contribution in [1.82, 2.24) is 5.01 Å². The molecule has 0 saturated carbocycles. The van der Waals surface area contributed by atoms with Gasteiger partial charge in [0.05, 0.1) is 13.2 Å². The van der Waals surface area contributed by atoms with Gasteiger partial charge in [-0.25, -0.2) is 5.01 Å². The molecule has 5 rings (SSSR count). The van der Waals surface area contributed by atoms with Crippen LogP contribution >= 0.6 is 0 Å². The second kappa shape index (κ2) is 11.4. The van der Waals surface area contributed by atoms with Crippen molar-refractivity contribution >= 4 is 34.7 Å². The van der Waals surface area contributed by atoms with Crippen LogP contribution < -0.4 is 15.0 Å². The number of hydrogen-bond acceptors (Lipinski definition) is 5. The van der Waals surface area contributed by atoms with Crippen LogP contribution in [0.15, 0.2) is 120 Å². The highest BCUT2D eigenvalue weighted by Gasteiger charge is 2.36. The Hall–Kier alpha value is -4.91. The van der Waals surface area contributed by atoms with Crippen LogP contribution in [0, 0.1) is 0 Å². The number of nitrogens with one attached hydrogen (secondary N) is 1. The molecule has 0 unspecified atom stereocenters. The highest BCUT2D eigenvalue weighted by atomic mass is 16.5. The fraction of sp³-hybridized carbons (Fsp3) is 0.129. The minimum absolute atomic E-state index is 0.331. The summed E-state index contributed by atoms with van der Waals surface area (Å²) in [4.78, 5) is 28.3. The summed E-state index contributed by atoms with van der Waals surface area (Å²) in [5.74, 6) is 0.629. The molecule has 7 nitrogen and oxygen atoms in total. The molecule has 38 heavy (non-hydrogen) atoms. The quantitative estimate of drug-likeness (QED) is 0.307. The maximum atomic E-state index is 13.5. The van der Waals surface area contributed by atoms with Gasteiger partial charge in [-0.15, -0.1) is 0 Å². The molecule has 1 heterocycles. The first-order valence-corrected chi connectivity index (χ1v) is 12.4. The number of rotatable bonds is 7. The minimum atomic E-state index is -0.404. The standard InChI is InChI=1S/C31H28N4O3/c1-38-27-19-17-24(18-20-27)32-30(36)22-31(37)35-28(23-11-5-2-6-12-23)21-29(33-35)34(25-13-7-3-8-14-25)26-15-9-4-10-16-26/h2-20,28H,21-22H2,1H3,(H,32,36)/t28-/m0/s1. The summed E-state index contributed by atoms with van der Waals surface area (Å²) in [6.07, 6.45) is 0.169. The third-order valence-corrected chi connectivity index (χ3v) is 6.31. The molecule has 0 aromatic heterocycles. The molecule has 1 aliphatic heterocycles. The first kappa shape index (κ1) is 24.8. The van der Waals surface area contributed by atoms with E-state index in [-0.39, 0.29) is 18.4 Å². The minimum Gasteiger partial charge on any atom is -0.497 e. The van der Waals surface area contributed by atoms with Crippen LogP contribution in [0.1, 0.15) is 24.4 Å². The maximum Gasteiger partial charge on any atom is 0.252 e. The zero-order valence-corrected chi connectivity index (χ0v) is 21.0. The lowest BCUT2D eigenvalue weighted by Crippen LogP contribution is -2.30. The number of anilines is 3. The van der Waals surface area contributed by atoms with E-state index in [1.54, 1.807) is 31.4 Å². The fourth-order valence-corrected chi connectivity index (χ4v) is 4.49. The summed E-state index contributed by atoms with van der Waals surface area (Å²) >= 11 is 0. The Labute approximate surface area is 222 Å². The second-order valence-electron chi connectivity index (χ2n) is 8.85. The molecule has 0 radical (unpaired) electrons. The Bertz CT molecular complexity index is 1370. The zero-order chi connectivity index (χ0) is 26.3. The predicted octanol–water partition coefficient (Wildman–Crippen LogP) is 6.15. The molecule has 4 aromatic carbocycles. The molecule has 1 N–H and O–H groups in total. The van der Waals surface area contributed by atoms with E-state index in [1.807, 2.05) is 91.0 Å². The number of hydrazone groups is 1. The van der Waals surface area contributed by atoms with E-state index in [0.29, 0.717) is 17.9 Å². The van der Waals surface area contributed by atoms with Crippen molar-refractivity contribution in [3.63, 3.8) is 0 Å². The molecule has 2 amide bonds. The van der Waals surface area contributed by atoms with Crippen molar-refractivity contribution in [3.05, 3.63) is 121 Å². The first-order valence-electron chi connectivity index (χ1n) is 12.4. The van der Waals surface area contributed by atoms with Gasteiger partial charge in [0.15, 0.2) is 0 Å².